The molecule has 0 heterocycles. The van der Waals surface area contributed by atoms with E-state index in [9.17, 15) is 9.59 Å². The maximum atomic E-state index is 12.9. The first-order valence-corrected chi connectivity index (χ1v) is 7.91. The lowest BCUT2D eigenvalue weighted by molar-refractivity contribution is -0.127. The fraction of sp³-hybridized carbons (Fsp3) is 0.300. The lowest BCUT2D eigenvalue weighted by Gasteiger charge is -2.29. The van der Waals surface area contributed by atoms with Gasteiger partial charge in [0.15, 0.2) is 11.6 Å². The van der Waals surface area contributed by atoms with Gasteiger partial charge in [-0.25, -0.2) is 0 Å². The van der Waals surface area contributed by atoms with E-state index in [0.29, 0.717) is 29.1 Å². The van der Waals surface area contributed by atoms with Crippen LogP contribution in [0.25, 0.3) is 0 Å². The van der Waals surface area contributed by atoms with Crippen LogP contribution in [-0.2, 0) is 16.0 Å². The zero-order valence-corrected chi connectivity index (χ0v) is 14.0. The Labute approximate surface area is 141 Å². The minimum absolute atomic E-state index is 0.0163. The van der Waals surface area contributed by atoms with Gasteiger partial charge in [0.2, 0.25) is 0 Å². The van der Waals surface area contributed by atoms with Crippen molar-refractivity contribution in [3.8, 4) is 11.5 Å². The SMILES string of the molecule is COc1ccc(OC)c(CC2=C(C)C(=O)C3C=CC=CC3C2=O)c1. The summed E-state index contributed by atoms with van der Waals surface area (Å²) in [4.78, 5) is 25.5. The smallest absolute Gasteiger partial charge is 0.167 e. The number of hydrogen-bond acceptors (Lipinski definition) is 4. The molecule has 2 aliphatic rings. The standard InChI is InChI=1S/C20H20O4/c1-12-17(11-13-10-14(23-2)8-9-18(13)24-3)20(22)16-7-5-4-6-15(16)19(12)21/h4-10,15-16H,11H2,1-3H3. The largest absolute Gasteiger partial charge is 0.497 e. The van der Waals surface area contributed by atoms with Crippen molar-refractivity contribution in [3.05, 3.63) is 59.2 Å². The van der Waals surface area contributed by atoms with Gasteiger partial charge in [-0.15, -0.1) is 0 Å². The summed E-state index contributed by atoms with van der Waals surface area (Å²) >= 11 is 0. The van der Waals surface area contributed by atoms with Gasteiger partial charge in [0.05, 0.1) is 26.1 Å². The molecule has 124 valence electrons. The van der Waals surface area contributed by atoms with Gasteiger partial charge < -0.3 is 9.47 Å². The van der Waals surface area contributed by atoms with Crippen molar-refractivity contribution in [3.63, 3.8) is 0 Å². The molecule has 4 heteroatoms. The minimum Gasteiger partial charge on any atom is -0.497 e. The molecule has 0 aliphatic heterocycles. The van der Waals surface area contributed by atoms with Crippen molar-refractivity contribution in [2.75, 3.05) is 14.2 Å². The Hall–Kier alpha value is -2.62. The molecule has 24 heavy (non-hydrogen) atoms. The third kappa shape index (κ3) is 2.68. The number of rotatable bonds is 4. The highest BCUT2D eigenvalue weighted by Crippen LogP contribution is 2.36. The van der Waals surface area contributed by atoms with Crippen LogP contribution >= 0.6 is 0 Å². The van der Waals surface area contributed by atoms with Crippen molar-refractivity contribution in [2.24, 2.45) is 11.8 Å². The topological polar surface area (TPSA) is 52.6 Å². The van der Waals surface area contributed by atoms with E-state index in [1.165, 1.54) is 0 Å². The summed E-state index contributed by atoms with van der Waals surface area (Å²) in [5.41, 5.74) is 1.94. The lowest BCUT2D eigenvalue weighted by atomic mass is 9.71. The van der Waals surface area contributed by atoms with Crippen LogP contribution in [0, 0.1) is 11.8 Å². The van der Waals surface area contributed by atoms with E-state index in [2.05, 4.69) is 0 Å². The Bertz CT molecular complexity index is 783. The Morgan fingerprint density at radius 3 is 2.25 bits per heavy atom. The average Bonchev–Trinajstić information content (AvgIpc) is 2.63. The second-order valence-corrected chi connectivity index (χ2v) is 6.01. The zero-order chi connectivity index (χ0) is 17.3. The summed E-state index contributed by atoms with van der Waals surface area (Å²) in [7, 11) is 3.18. The van der Waals surface area contributed by atoms with E-state index in [0.717, 1.165) is 5.56 Å². The molecule has 0 saturated carbocycles. The fourth-order valence-corrected chi connectivity index (χ4v) is 3.32. The van der Waals surface area contributed by atoms with E-state index in [1.54, 1.807) is 21.1 Å². The zero-order valence-electron chi connectivity index (χ0n) is 14.0. The van der Waals surface area contributed by atoms with Crippen LogP contribution < -0.4 is 9.47 Å². The molecule has 3 rings (SSSR count). The highest BCUT2D eigenvalue weighted by Gasteiger charge is 2.39. The molecule has 0 N–H and O–H groups in total. The molecule has 0 spiro atoms. The Kier molecular flexibility index (Phi) is 4.38. The van der Waals surface area contributed by atoms with Gasteiger partial charge in [-0.3, -0.25) is 9.59 Å². The number of hydrogen-bond donors (Lipinski definition) is 0. The summed E-state index contributed by atoms with van der Waals surface area (Å²) < 4.78 is 10.7. The van der Waals surface area contributed by atoms with Gasteiger partial charge in [0.25, 0.3) is 0 Å². The summed E-state index contributed by atoms with van der Waals surface area (Å²) in [5.74, 6) is 0.658. The van der Waals surface area contributed by atoms with E-state index in [4.69, 9.17) is 9.47 Å². The molecule has 2 atom stereocenters. The molecule has 1 aromatic carbocycles. The second-order valence-electron chi connectivity index (χ2n) is 6.01. The van der Waals surface area contributed by atoms with Gasteiger partial charge in [-0.05, 0) is 30.7 Å². The summed E-state index contributed by atoms with van der Waals surface area (Å²) in [6, 6.07) is 5.47. The number of methoxy groups -OCH3 is 2. The number of carbonyl (C=O) groups is 2. The Morgan fingerprint density at radius 1 is 0.958 bits per heavy atom. The maximum Gasteiger partial charge on any atom is 0.167 e. The van der Waals surface area contributed by atoms with Crippen LogP contribution in [0.3, 0.4) is 0 Å². The molecule has 0 saturated heterocycles. The molecule has 0 bridgehead atoms. The summed E-state index contributed by atoms with van der Waals surface area (Å²) in [5, 5.41) is 0. The monoisotopic (exact) mass is 324 g/mol. The molecule has 0 aromatic heterocycles. The Morgan fingerprint density at radius 2 is 1.62 bits per heavy atom. The first kappa shape index (κ1) is 16.2. The maximum absolute atomic E-state index is 12.9. The molecule has 4 nitrogen and oxygen atoms in total. The quantitative estimate of drug-likeness (QED) is 0.854. The summed E-state index contributed by atoms with van der Waals surface area (Å²) in [6.07, 6.45) is 7.65. The first-order chi connectivity index (χ1) is 11.6. The predicted molar refractivity (Wildman–Crippen MR) is 91.2 cm³/mol. The number of Topliss-reactive ketones (excluding diaryl/α,β-unsaturated/α-hetero) is 2. The van der Waals surface area contributed by atoms with E-state index in [1.807, 2.05) is 42.5 Å². The van der Waals surface area contributed by atoms with E-state index < -0.39 is 5.92 Å². The predicted octanol–water partition coefficient (Wildman–Crippen LogP) is 3.07. The van der Waals surface area contributed by atoms with Crippen molar-refractivity contribution < 1.29 is 19.1 Å². The van der Waals surface area contributed by atoms with Crippen LogP contribution in [0.5, 0.6) is 11.5 Å². The lowest BCUT2D eigenvalue weighted by Crippen LogP contribution is -2.36. The molecule has 2 unspecified atom stereocenters. The van der Waals surface area contributed by atoms with Crippen molar-refractivity contribution in [1.29, 1.82) is 0 Å². The number of allylic oxidation sites excluding steroid dienone is 6. The Balaban J connectivity index is 2.01. The highest BCUT2D eigenvalue weighted by atomic mass is 16.5. The van der Waals surface area contributed by atoms with Gasteiger partial charge in [0, 0.05) is 17.6 Å². The van der Waals surface area contributed by atoms with Gasteiger partial charge >= 0.3 is 0 Å². The van der Waals surface area contributed by atoms with Crippen molar-refractivity contribution in [1.82, 2.24) is 0 Å². The van der Waals surface area contributed by atoms with Gasteiger partial charge in [-0.1, -0.05) is 24.3 Å². The first-order valence-electron chi connectivity index (χ1n) is 7.91. The van der Waals surface area contributed by atoms with Crippen LogP contribution in [0.15, 0.2) is 53.6 Å². The van der Waals surface area contributed by atoms with Crippen LogP contribution in [0.4, 0.5) is 0 Å². The van der Waals surface area contributed by atoms with E-state index >= 15 is 0 Å². The van der Waals surface area contributed by atoms with Gasteiger partial charge in [-0.2, -0.15) is 0 Å². The average molecular weight is 324 g/mol. The molecule has 1 aromatic rings. The fourth-order valence-electron chi connectivity index (χ4n) is 3.32. The highest BCUT2D eigenvalue weighted by molar-refractivity contribution is 6.15. The molecular formula is C20H20O4. The third-order valence-corrected chi connectivity index (χ3v) is 4.71. The molecule has 2 aliphatic carbocycles. The van der Waals surface area contributed by atoms with Crippen molar-refractivity contribution in [2.45, 2.75) is 13.3 Å². The van der Waals surface area contributed by atoms with Crippen LogP contribution in [-0.4, -0.2) is 25.8 Å². The van der Waals surface area contributed by atoms with E-state index in [-0.39, 0.29) is 17.5 Å². The number of carbonyl (C=O) groups excluding carboxylic acids is 2. The van der Waals surface area contributed by atoms with Crippen molar-refractivity contribution >= 4 is 11.6 Å². The van der Waals surface area contributed by atoms with Crippen LogP contribution in [0.2, 0.25) is 0 Å². The third-order valence-electron chi connectivity index (χ3n) is 4.71. The number of ether oxygens (including phenoxy) is 2. The summed E-state index contributed by atoms with van der Waals surface area (Å²) in [6.45, 7) is 1.74. The number of ketones is 2. The molecule has 0 amide bonds. The number of fused-ring (bicyclic) bond motifs is 1. The molecular weight excluding hydrogens is 304 g/mol. The molecule has 0 fully saturated rings. The second kappa shape index (κ2) is 6.48. The number of benzene rings is 1. The molecule has 0 radical (unpaired) electrons. The van der Waals surface area contributed by atoms with Crippen LogP contribution in [0.1, 0.15) is 12.5 Å². The normalized spacial score (nSPS) is 22.6. The minimum atomic E-state index is -0.391. The van der Waals surface area contributed by atoms with Gasteiger partial charge in [0.1, 0.15) is 11.5 Å².